The number of carbonyl (C=O) groups is 1. The summed E-state index contributed by atoms with van der Waals surface area (Å²) in [5.41, 5.74) is 2.42. The van der Waals surface area contributed by atoms with E-state index in [4.69, 9.17) is 23.2 Å². The summed E-state index contributed by atoms with van der Waals surface area (Å²) in [5, 5.41) is 13.9. The van der Waals surface area contributed by atoms with Gasteiger partial charge >= 0.3 is 0 Å². The molecule has 0 aliphatic carbocycles. The van der Waals surface area contributed by atoms with Crippen LogP contribution >= 0.6 is 23.2 Å². The third-order valence-corrected chi connectivity index (χ3v) is 3.76. The van der Waals surface area contributed by atoms with Gasteiger partial charge in [-0.05, 0) is 18.2 Å². The highest BCUT2D eigenvalue weighted by Gasteiger charge is 2.19. The summed E-state index contributed by atoms with van der Waals surface area (Å²) in [6.45, 7) is 1.60. The first-order chi connectivity index (χ1) is 9.65. The van der Waals surface area contributed by atoms with Crippen LogP contribution in [0, 0.1) is 0 Å². The molecule has 1 amide bonds. The van der Waals surface area contributed by atoms with Gasteiger partial charge in [0, 0.05) is 35.8 Å². The molecule has 0 bridgehead atoms. The number of aromatic amines is 1. The second-order valence-electron chi connectivity index (χ2n) is 4.53. The Morgan fingerprint density at radius 2 is 2.20 bits per heavy atom. The molecule has 2 heterocycles. The molecule has 0 radical (unpaired) electrons. The van der Waals surface area contributed by atoms with Crippen LogP contribution in [0.5, 0.6) is 0 Å². The van der Waals surface area contributed by atoms with Crippen molar-refractivity contribution in [2.75, 3.05) is 11.9 Å². The first-order valence-corrected chi connectivity index (χ1v) is 6.94. The van der Waals surface area contributed by atoms with E-state index in [1.807, 2.05) is 0 Å². The van der Waals surface area contributed by atoms with Crippen molar-refractivity contribution in [3.63, 3.8) is 0 Å². The van der Waals surface area contributed by atoms with E-state index in [0.29, 0.717) is 28.0 Å². The number of hydrogen-bond donors (Lipinski definition) is 3. The first kappa shape index (κ1) is 13.4. The predicted octanol–water partition coefficient (Wildman–Crippen LogP) is 2.61. The van der Waals surface area contributed by atoms with E-state index in [1.54, 1.807) is 18.2 Å². The molecule has 1 aliphatic heterocycles. The molecular weight excluding hydrogens is 299 g/mol. The predicted molar refractivity (Wildman–Crippen MR) is 78.4 cm³/mol. The number of halogens is 2. The molecule has 1 aliphatic rings. The average molecular weight is 311 g/mol. The van der Waals surface area contributed by atoms with Crippen LogP contribution in [0.2, 0.25) is 10.0 Å². The molecule has 1 aromatic carbocycles. The molecule has 7 heteroatoms. The van der Waals surface area contributed by atoms with Gasteiger partial charge in [0.25, 0.3) is 5.91 Å². The molecule has 0 saturated heterocycles. The number of nitrogens with zero attached hydrogens (tertiary/aromatic N) is 1. The largest absolute Gasteiger partial charge is 0.312 e. The third-order valence-electron chi connectivity index (χ3n) is 3.21. The van der Waals surface area contributed by atoms with E-state index in [2.05, 4.69) is 20.8 Å². The lowest BCUT2D eigenvalue weighted by atomic mass is 10.1. The Morgan fingerprint density at radius 1 is 1.35 bits per heavy atom. The van der Waals surface area contributed by atoms with Crippen LogP contribution in [-0.4, -0.2) is 22.6 Å². The van der Waals surface area contributed by atoms with Gasteiger partial charge in [0.1, 0.15) is 0 Å². The maximum atomic E-state index is 12.2. The number of rotatable bonds is 2. The number of aromatic nitrogens is 2. The van der Waals surface area contributed by atoms with Crippen molar-refractivity contribution in [3.05, 3.63) is 45.1 Å². The van der Waals surface area contributed by atoms with Crippen molar-refractivity contribution < 1.29 is 4.79 Å². The number of benzene rings is 1. The lowest BCUT2D eigenvalue weighted by molar-refractivity contribution is 0.102. The number of nitrogens with one attached hydrogen (secondary N) is 3. The minimum absolute atomic E-state index is 0.299. The zero-order valence-electron chi connectivity index (χ0n) is 10.5. The maximum absolute atomic E-state index is 12.2. The van der Waals surface area contributed by atoms with Crippen molar-refractivity contribution in [2.45, 2.75) is 13.0 Å². The van der Waals surface area contributed by atoms with Gasteiger partial charge < -0.3 is 10.6 Å². The summed E-state index contributed by atoms with van der Waals surface area (Å²) in [6.07, 6.45) is 0.875. The summed E-state index contributed by atoms with van der Waals surface area (Å²) in [7, 11) is 0. The van der Waals surface area contributed by atoms with Crippen LogP contribution < -0.4 is 10.6 Å². The van der Waals surface area contributed by atoms with E-state index >= 15 is 0 Å². The molecule has 3 rings (SSSR count). The Balaban J connectivity index is 1.84. The van der Waals surface area contributed by atoms with Crippen LogP contribution in [0.4, 0.5) is 5.82 Å². The Labute approximate surface area is 125 Å². The lowest BCUT2D eigenvalue weighted by Crippen LogP contribution is -2.24. The molecule has 0 saturated carbocycles. The van der Waals surface area contributed by atoms with Gasteiger partial charge in [-0.2, -0.15) is 5.10 Å². The lowest BCUT2D eigenvalue weighted by Gasteiger charge is -2.13. The number of carbonyl (C=O) groups excluding carboxylic acids is 1. The van der Waals surface area contributed by atoms with Crippen molar-refractivity contribution in [1.29, 1.82) is 0 Å². The van der Waals surface area contributed by atoms with Crippen molar-refractivity contribution in [1.82, 2.24) is 15.5 Å². The fourth-order valence-corrected chi connectivity index (χ4v) is 2.67. The van der Waals surface area contributed by atoms with E-state index in [9.17, 15) is 4.79 Å². The number of hydrogen-bond acceptors (Lipinski definition) is 3. The zero-order valence-corrected chi connectivity index (χ0v) is 12.0. The molecular formula is C13H12Cl2N4O. The fourth-order valence-electron chi connectivity index (χ4n) is 2.18. The van der Waals surface area contributed by atoms with Crippen LogP contribution in [0.25, 0.3) is 0 Å². The Hall–Kier alpha value is -1.56. The summed E-state index contributed by atoms with van der Waals surface area (Å²) in [5.74, 6) is 0.245. The highest BCUT2D eigenvalue weighted by Crippen LogP contribution is 2.24. The highest BCUT2D eigenvalue weighted by molar-refractivity contribution is 6.37. The van der Waals surface area contributed by atoms with Crippen molar-refractivity contribution >= 4 is 34.9 Å². The van der Waals surface area contributed by atoms with Gasteiger partial charge in [0.2, 0.25) is 0 Å². The van der Waals surface area contributed by atoms with E-state index in [1.165, 1.54) is 0 Å². The van der Waals surface area contributed by atoms with Gasteiger partial charge in [0.15, 0.2) is 5.82 Å². The van der Waals surface area contributed by atoms with Crippen LogP contribution in [-0.2, 0) is 13.0 Å². The van der Waals surface area contributed by atoms with Crippen LogP contribution in [0.1, 0.15) is 21.6 Å². The average Bonchev–Trinajstić information content (AvgIpc) is 2.82. The Morgan fingerprint density at radius 3 is 3.00 bits per heavy atom. The molecule has 0 spiro atoms. The topological polar surface area (TPSA) is 69.8 Å². The first-order valence-electron chi connectivity index (χ1n) is 6.18. The number of anilines is 1. The quantitative estimate of drug-likeness (QED) is 0.798. The molecule has 104 valence electrons. The van der Waals surface area contributed by atoms with Gasteiger partial charge in [-0.1, -0.05) is 23.2 Å². The second kappa shape index (κ2) is 5.44. The van der Waals surface area contributed by atoms with Crippen molar-refractivity contribution in [3.8, 4) is 0 Å². The van der Waals surface area contributed by atoms with E-state index in [-0.39, 0.29) is 5.91 Å². The standard InChI is InChI=1S/C13H12Cl2N4O/c14-7-1-2-8(10(15)5-7)13(20)17-12-9-6-16-4-3-11(9)18-19-12/h1-2,5,16H,3-4,6H2,(H2,17,18,19,20). The van der Waals surface area contributed by atoms with Gasteiger partial charge in [-0.15, -0.1) is 0 Å². The molecule has 0 unspecified atom stereocenters. The minimum atomic E-state index is -0.299. The highest BCUT2D eigenvalue weighted by atomic mass is 35.5. The molecule has 3 N–H and O–H groups in total. The van der Waals surface area contributed by atoms with E-state index < -0.39 is 0 Å². The van der Waals surface area contributed by atoms with Crippen LogP contribution in [0.3, 0.4) is 0 Å². The molecule has 0 fully saturated rings. The number of amides is 1. The monoisotopic (exact) mass is 310 g/mol. The Kier molecular flexibility index (Phi) is 3.65. The Bertz CT molecular complexity index is 668. The van der Waals surface area contributed by atoms with Gasteiger partial charge in [-0.25, -0.2) is 0 Å². The summed E-state index contributed by atoms with van der Waals surface area (Å²) < 4.78 is 0. The van der Waals surface area contributed by atoms with Gasteiger partial charge in [0.05, 0.1) is 10.6 Å². The van der Waals surface area contributed by atoms with Crippen molar-refractivity contribution in [2.24, 2.45) is 0 Å². The molecule has 5 nitrogen and oxygen atoms in total. The normalized spacial score (nSPS) is 13.9. The minimum Gasteiger partial charge on any atom is -0.312 e. The summed E-state index contributed by atoms with van der Waals surface area (Å²) in [4.78, 5) is 12.2. The fraction of sp³-hybridized carbons (Fsp3) is 0.231. The van der Waals surface area contributed by atoms with E-state index in [0.717, 1.165) is 24.2 Å². The smallest absolute Gasteiger partial charge is 0.258 e. The SMILES string of the molecule is O=C(Nc1n[nH]c2c1CNCC2)c1ccc(Cl)cc1Cl. The number of fused-ring (bicyclic) bond motifs is 1. The molecule has 0 atom stereocenters. The second-order valence-corrected chi connectivity index (χ2v) is 5.38. The molecule has 20 heavy (non-hydrogen) atoms. The summed E-state index contributed by atoms with van der Waals surface area (Å²) >= 11 is 11.8. The zero-order chi connectivity index (χ0) is 14.1. The number of H-pyrrole nitrogens is 1. The third kappa shape index (κ3) is 2.52. The summed E-state index contributed by atoms with van der Waals surface area (Å²) in [6, 6.07) is 4.76. The van der Waals surface area contributed by atoms with Crippen LogP contribution in [0.15, 0.2) is 18.2 Å². The van der Waals surface area contributed by atoms with Gasteiger partial charge in [-0.3, -0.25) is 9.89 Å². The molecule has 2 aromatic rings. The maximum Gasteiger partial charge on any atom is 0.258 e. The molecule has 1 aromatic heterocycles.